The highest BCUT2D eigenvalue weighted by molar-refractivity contribution is 5.92. The van der Waals surface area contributed by atoms with E-state index < -0.39 is 0 Å². The molecule has 1 aromatic heterocycles. The minimum atomic E-state index is -0.170. The predicted molar refractivity (Wildman–Crippen MR) is 98.3 cm³/mol. The molecule has 0 unspecified atom stereocenters. The van der Waals surface area contributed by atoms with E-state index in [1.54, 1.807) is 26.5 Å². The van der Waals surface area contributed by atoms with Gasteiger partial charge in [-0.3, -0.25) is 4.79 Å². The van der Waals surface area contributed by atoms with Gasteiger partial charge in [-0.25, -0.2) is 4.98 Å². The number of benzene rings is 1. The standard InChI is InChI=1S/C19H25N3O3/c1-24-13-5-11-21-19(23)17-9-8-16(14-22-17)20-12-10-15-6-3-4-7-18(15)25-2/h3-4,6-9,14,20H,5,10-13H2,1-2H3,(H,21,23). The van der Waals surface area contributed by atoms with Gasteiger partial charge in [-0.15, -0.1) is 0 Å². The smallest absolute Gasteiger partial charge is 0.269 e. The summed E-state index contributed by atoms with van der Waals surface area (Å²) < 4.78 is 10.3. The van der Waals surface area contributed by atoms with Gasteiger partial charge in [-0.2, -0.15) is 0 Å². The molecule has 134 valence electrons. The normalized spacial score (nSPS) is 10.3. The highest BCUT2D eigenvalue weighted by Gasteiger charge is 2.06. The number of anilines is 1. The number of carbonyl (C=O) groups is 1. The number of hydrogen-bond donors (Lipinski definition) is 2. The van der Waals surface area contributed by atoms with Crippen molar-refractivity contribution >= 4 is 11.6 Å². The number of hydrogen-bond acceptors (Lipinski definition) is 5. The molecule has 2 N–H and O–H groups in total. The molecule has 0 spiro atoms. The number of amides is 1. The first-order valence-corrected chi connectivity index (χ1v) is 8.33. The molecule has 1 aromatic carbocycles. The SMILES string of the molecule is COCCCNC(=O)c1ccc(NCCc2ccccc2OC)cn1. The van der Waals surface area contributed by atoms with E-state index >= 15 is 0 Å². The molecule has 6 heteroatoms. The van der Waals surface area contributed by atoms with Crippen LogP contribution in [0.4, 0.5) is 5.69 Å². The first kappa shape index (κ1) is 18.7. The second-order valence-corrected chi connectivity index (χ2v) is 5.52. The quantitative estimate of drug-likeness (QED) is 0.649. The molecule has 0 aliphatic heterocycles. The van der Waals surface area contributed by atoms with Crippen LogP contribution in [0.2, 0.25) is 0 Å². The Kier molecular flexibility index (Phi) is 7.72. The summed E-state index contributed by atoms with van der Waals surface area (Å²) in [4.78, 5) is 16.1. The van der Waals surface area contributed by atoms with Crippen LogP contribution >= 0.6 is 0 Å². The highest BCUT2D eigenvalue weighted by atomic mass is 16.5. The summed E-state index contributed by atoms with van der Waals surface area (Å²) >= 11 is 0. The number of nitrogens with one attached hydrogen (secondary N) is 2. The molecule has 0 saturated heterocycles. The van der Waals surface area contributed by atoms with Crippen LogP contribution in [-0.4, -0.2) is 44.8 Å². The van der Waals surface area contributed by atoms with Crippen LogP contribution in [0.25, 0.3) is 0 Å². The maximum Gasteiger partial charge on any atom is 0.269 e. The average molecular weight is 343 g/mol. The first-order valence-electron chi connectivity index (χ1n) is 8.33. The topological polar surface area (TPSA) is 72.5 Å². The Balaban J connectivity index is 1.79. The zero-order valence-electron chi connectivity index (χ0n) is 14.7. The van der Waals surface area contributed by atoms with Crippen molar-refractivity contribution in [3.05, 3.63) is 53.9 Å². The number of carbonyl (C=O) groups excluding carboxylic acids is 1. The fourth-order valence-electron chi connectivity index (χ4n) is 2.39. The van der Waals surface area contributed by atoms with Crippen molar-refractivity contribution < 1.29 is 14.3 Å². The molecule has 1 amide bonds. The largest absolute Gasteiger partial charge is 0.496 e. The molecule has 0 aliphatic carbocycles. The Bertz CT molecular complexity index is 659. The Labute approximate surface area is 148 Å². The van der Waals surface area contributed by atoms with Crippen molar-refractivity contribution in [3.63, 3.8) is 0 Å². The second-order valence-electron chi connectivity index (χ2n) is 5.52. The predicted octanol–water partition coefficient (Wildman–Crippen LogP) is 2.51. The van der Waals surface area contributed by atoms with Gasteiger partial charge in [0.05, 0.1) is 19.0 Å². The summed E-state index contributed by atoms with van der Waals surface area (Å²) in [5.74, 6) is 0.722. The van der Waals surface area contributed by atoms with Crippen LogP contribution in [0.15, 0.2) is 42.6 Å². The van der Waals surface area contributed by atoms with Crippen LogP contribution in [0.1, 0.15) is 22.5 Å². The van der Waals surface area contributed by atoms with E-state index in [-0.39, 0.29) is 5.91 Å². The summed E-state index contributed by atoms with van der Waals surface area (Å²) in [6.45, 7) is 1.96. The lowest BCUT2D eigenvalue weighted by molar-refractivity contribution is 0.0943. The van der Waals surface area contributed by atoms with Gasteiger partial charge in [0.25, 0.3) is 5.91 Å². The molecule has 0 atom stereocenters. The van der Waals surface area contributed by atoms with E-state index in [9.17, 15) is 4.79 Å². The maximum absolute atomic E-state index is 11.9. The summed E-state index contributed by atoms with van der Waals surface area (Å²) in [6.07, 6.45) is 3.29. The zero-order chi connectivity index (χ0) is 17.9. The number of methoxy groups -OCH3 is 2. The third kappa shape index (κ3) is 6.08. The highest BCUT2D eigenvalue weighted by Crippen LogP contribution is 2.17. The Morgan fingerprint density at radius 2 is 1.96 bits per heavy atom. The van der Waals surface area contributed by atoms with Crippen molar-refractivity contribution in [2.45, 2.75) is 12.8 Å². The number of aromatic nitrogens is 1. The van der Waals surface area contributed by atoms with Gasteiger partial charge in [-0.1, -0.05) is 18.2 Å². The maximum atomic E-state index is 11.9. The molecule has 0 saturated carbocycles. The van der Waals surface area contributed by atoms with Crippen molar-refractivity contribution in [1.82, 2.24) is 10.3 Å². The minimum absolute atomic E-state index is 0.170. The third-order valence-corrected chi connectivity index (χ3v) is 3.72. The summed E-state index contributed by atoms with van der Waals surface area (Å²) in [5.41, 5.74) is 2.44. The average Bonchev–Trinajstić information content (AvgIpc) is 2.66. The molecule has 6 nitrogen and oxygen atoms in total. The van der Waals surface area contributed by atoms with Gasteiger partial charge in [0.1, 0.15) is 11.4 Å². The van der Waals surface area contributed by atoms with E-state index in [4.69, 9.17) is 9.47 Å². The molecular weight excluding hydrogens is 318 g/mol. The fourth-order valence-corrected chi connectivity index (χ4v) is 2.39. The monoisotopic (exact) mass is 343 g/mol. The van der Waals surface area contributed by atoms with E-state index in [1.165, 1.54) is 0 Å². The van der Waals surface area contributed by atoms with Gasteiger partial charge in [-0.05, 0) is 36.6 Å². The molecule has 25 heavy (non-hydrogen) atoms. The van der Waals surface area contributed by atoms with Crippen LogP contribution in [0.3, 0.4) is 0 Å². The third-order valence-electron chi connectivity index (χ3n) is 3.72. The number of para-hydroxylation sites is 1. The molecular formula is C19H25N3O3. The van der Waals surface area contributed by atoms with Gasteiger partial charge < -0.3 is 20.1 Å². The first-order chi connectivity index (χ1) is 12.2. The van der Waals surface area contributed by atoms with Gasteiger partial charge in [0, 0.05) is 26.8 Å². The van der Waals surface area contributed by atoms with Gasteiger partial charge in [0.15, 0.2) is 0 Å². The number of ether oxygens (including phenoxy) is 2. The van der Waals surface area contributed by atoms with Crippen LogP contribution in [0.5, 0.6) is 5.75 Å². The van der Waals surface area contributed by atoms with E-state index in [2.05, 4.69) is 21.7 Å². The van der Waals surface area contributed by atoms with E-state index in [0.29, 0.717) is 18.8 Å². The molecule has 0 aliphatic rings. The van der Waals surface area contributed by atoms with Crippen LogP contribution < -0.4 is 15.4 Å². The van der Waals surface area contributed by atoms with Gasteiger partial charge >= 0.3 is 0 Å². The van der Waals surface area contributed by atoms with Crippen molar-refractivity contribution in [2.24, 2.45) is 0 Å². The van der Waals surface area contributed by atoms with Crippen molar-refractivity contribution in [1.29, 1.82) is 0 Å². The molecule has 2 rings (SSSR count). The van der Waals surface area contributed by atoms with Crippen LogP contribution in [0, 0.1) is 0 Å². The molecule has 0 fully saturated rings. The zero-order valence-corrected chi connectivity index (χ0v) is 14.7. The number of nitrogens with zero attached hydrogens (tertiary/aromatic N) is 1. The summed E-state index contributed by atoms with van der Waals surface area (Å²) in [5, 5.41) is 6.12. The Morgan fingerprint density at radius 3 is 2.68 bits per heavy atom. The lowest BCUT2D eigenvalue weighted by atomic mass is 10.1. The number of rotatable bonds is 10. The Morgan fingerprint density at radius 1 is 1.12 bits per heavy atom. The molecule has 0 bridgehead atoms. The Hall–Kier alpha value is -2.60. The lowest BCUT2D eigenvalue weighted by Gasteiger charge is -2.10. The molecule has 2 aromatic rings. The summed E-state index contributed by atoms with van der Waals surface area (Å²) in [7, 11) is 3.32. The van der Waals surface area contributed by atoms with Crippen molar-refractivity contribution in [3.8, 4) is 5.75 Å². The van der Waals surface area contributed by atoms with E-state index in [1.807, 2.05) is 24.3 Å². The minimum Gasteiger partial charge on any atom is -0.496 e. The second kappa shape index (κ2) is 10.3. The molecule has 1 heterocycles. The summed E-state index contributed by atoms with van der Waals surface area (Å²) in [6, 6.07) is 11.5. The number of pyridine rings is 1. The fraction of sp³-hybridized carbons (Fsp3) is 0.368. The van der Waals surface area contributed by atoms with Crippen LogP contribution in [-0.2, 0) is 11.2 Å². The molecule has 0 radical (unpaired) electrons. The van der Waals surface area contributed by atoms with E-state index in [0.717, 1.165) is 36.4 Å². The van der Waals surface area contributed by atoms with Crippen molar-refractivity contribution in [2.75, 3.05) is 39.2 Å². The lowest BCUT2D eigenvalue weighted by Crippen LogP contribution is -2.26. The van der Waals surface area contributed by atoms with Gasteiger partial charge in [0.2, 0.25) is 0 Å².